The zero-order chi connectivity index (χ0) is 15.8. The molecule has 2 N–H and O–H groups in total. The molecule has 21 heavy (non-hydrogen) atoms. The molecular formula is C16H25N3O2. The maximum absolute atomic E-state index is 12.0. The number of amides is 2. The number of pyridine rings is 1. The Kier molecular flexibility index (Phi) is 6.85. The zero-order valence-corrected chi connectivity index (χ0v) is 13.3. The van der Waals surface area contributed by atoms with Crippen molar-refractivity contribution in [1.82, 2.24) is 15.6 Å². The van der Waals surface area contributed by atoms with Gasteiger partial charge in [0.05, 0.1) is 0 Å². The monoisotopic (exact) mass is 291 g/mol. The Labute approximate surface area is 126 Å². The van der Waals surface area contributed by atoms with Crippen LogP contribution in [0.15, 0.2) is 18.3 Å². The minimum Gasteiger partial charge on any atom is -0.352 e. The van der Waals surface area contributed by atoms with Crippen molar-refractivity contribution in [3.8, 4) is 0 Å². The van der Waals surface area contributed by atoms with Gasteiger partial charge in [-0.3, -0.25) is 14.6 Å². The molecule has 0 bridgehead atoms. The lowest BCUT2D eigenvalue weighted by Crippen LogP contribution is -2.29. The summed E-state index contributed by atoms with van der Waals surface area (Å²) >= 11 is 0. The predicted molar refractivity (Wildman–Crippen MR) is 83.2 cm³/mol. The van der Waals surface area contributed by atoms with E-state index in [1.54, 1.807) is 6.07 Å². The standard InChI is InChI=1S/C16H25N3O2/c1-11(2)5-7-18-16(21)14-9-13(6-8-17-14)15(20)19-10-12(3)4/h6,8-9,11-12H,5,7,10H2,1-4H3,(H,18,21)(H,19,20). The molecule has 1 heterocycles. The van der Waals surface area contributed by atoms with E-state index < -0.39 is 0 Å². The minimum absolute atomic E-state index is 0.178. The SMILES string of the molecule is CC(C)CCNC(=O)c1cc(C(=O)NCC(C)C)ccn1. The summed E-state index contributed by atoms with van der Waals surface area (Å²) in [5.41, 5.74) is 0.732. The summed E-state index contributed by atoms with van der Waals surface area (Å²) in [6.45, 7) is 9.48. The van der Waals surface area contributed by atoms with Gasteiger partial charge >= 0.3 is 0 Å². The average Bonchev–Trinajstić information content (AvgIpc) is 2.44. The van der Waals surface area contributed by atoms with Crippen molar-refractivity contribution >= 4 is 11.8 Å². The van der Waals surface area contributed by atoms with Gasteiger partial charge in [-0.05, 0) is 30.4 Å². The first-order valence-electron chi connectivity index (χ1n) is 7.42. The maximum atomic E-state index is 12.0. The van der Waals surface area contributed by atoms with Gasteiger partial charge in [0.15, 0.2) is 0 Å². The molecule has 1 aromatic heterocycles. The quantitative estimate of drug-likeness (QED) is 0.809. The van der Waals surface area contributed by atoms with Crippen molar-refractivity contribution in [3.05, 3.63) is 29.6 Å². The van der Waals surface area contributed by atoms with Crippen LogP contribution in [0, 0.1) is 11.8 Å². The molecule has 0 unspecified atom stereocenters. The van der Waals surface area contributed by atoms with E-state index in [0.29, 0.717) is 30.5 Å². The highest BCUT2D eigenvalue weighted by atomic mass is 16.2. The third-order valence-corrected chi connectivity index (χ3v) is 2.93. The van der Waals surface area contributed by atoms with Gasteiger partial charge in [-0.15, -0.1) is 0 Å². The molecule has 0 radical (unpaired) electrons. The van der Waals surface area contributed by atoms with Crippen molar-refractivity contribution in [1.29, 1.82) is 0 Å². The molecule has 0 aliphatic rings. The van der Waals surface area contributed by atoms with Crippen molar-refractivity contribution < 1.29 is 9.59 Å². The maximum Gasteiger partial charge on any atom is 0.269 e. The second-order valence-electron chi connectivity index (χ2n) is 5.97. The van der Waals surface area contributed by atoms with Crippen LogP contribution in [0.3, 0.4) is 0 Å². The van der Waals surface area contributed by atoms with E-state index in [-0.39, 0.29) is 17.5 Å². The molecule has 5 nitrogen and oxygen atoms in total. The van der Waals surface area contributed by atoms with Crippen molar-refractivity contribution in [3.63, 3.8) is 0 Å². The lowest BCUT2D eigenvalue weighted by atomic mass is 10.1. The third-order valence-electron chi connectivity index (χ3n) is 2.93. The highest BCUT2D eigenvalue weighted by molar-refractivity contribution is 5.98. The summed E-state index contributed by atoms with van der Waals surface area (Å²) in [5, 5.41) is 5.64. The van der Waals surface area contributed by atoms with Crippen LogP contribution in [0.5, 0.6) is 0 Å². The summed E-state index contributed by atoms with van der Waals surface area (Å²) in [6, 6.07) is 3.14. The molecule has 1 aromatic rings. The summed E-state index contributed by atoms with van der Waals surface area (Å²) in [4.78, 5) is 27.9. The van der Waals surface area contributed by atoms with E-state index in [1.807, 2.05) is 13.8 Å². The van der Waals surface area contributed by atoms with Crippen LogP contribution in [-0.4, -0.2) is 29.9 Å². The Balaban J connectivity index is 2.62. The lowest BCUT2D eigenvalue weighted by Gasteiger charge is -2.09. The van der Waals surface area contributed by atoms with Crippen LogP contribution < -0.4 is 10.6 Å². The largest absolute Gasteiger partial charge is 0.352 e. The van der Waals surface area contributed by atoms with Gasteiger partial charge in [0.2, 0.25) is 0 Å². The third kappa shape index (κ3) is 6.38. The van der Waals surface area contributed by atoms with Gasteiger partial charge in [-0.25, -0.2) is 0 Å². The van der Waals surface area contributed by atoms with Crippen LogP contribution >= 0.6 is 0 Å². The summed E-state index contributed by atoms with van der Waals surface area (Å²) in [7, 11) is 0. The number of aromatic nitrogens is 1. The van der Waals surface area contributed by atoms with Crippen molar-refractivity contribution in [2.75, 3.05) is 13.1 Å². The normalized spacial score (nSPS) is 10.8. The van der Waals surface area contributed by atoms with E-state index in [9.17, 15) is 9.59 Å². The molecule has 0 aromatic carbocycles. The van der Waals surface area contributed by atoms with Crippen LogP contribution in [0.25, 0.3) is 0 Å². The Morgan fingerprint density at radius 2 is 1.81 bits per heavy atom. The fourth-order valence-corrected chi connectivity index (χ4v) is 1.66. The smallest absolute Gasteiger partial charge is 0.269 e. The van der Waals surface area contributed by atoms with E-state index in [0.717, 1.165) is 6.42 Å². The van der Waals surface area contributed by atoms with Crippen LogP contribution in [-0.2, 0) is 0 Å². The molecule has 5 heteroatoms. The molecule has 0 fully saturated rings. The summed E-state index contributed by atoms with van der Waals surface area (Å²) in [5.74, 6) is 0.498. The Morgan fingerprint density at radius 3 is 2.43 bits per heavy atom. The minimum atomic E-state index is -0.242. The molecule has 1 rings (SSSR count). The van der Waals surface area contributed by atoms with Gasteiger partial charge in [0, 0.05) is 24.8 Å². The summed E-state index contributed by atoms with van der Waals surface area (Å²) in [6.07, 6.45) is 2.40. The molecule has 0 saturated heterocycles. The van der Waals surface area contributed by atoms with Crippen LogP contribution in [0.2, 0.25) is 0 Å². The topological polar surface area (TPSA) is 71.1 Å². The van der Waals surface area contributed by atoms with Crippen LogP contribution in [0.1, 0.15) is 55.0 Å². The molecule has 0 atom stereocenters. The fraction of sp³-hybridized carbons (Fsp3) is 0.562. The van der Waals surface area contributed by atoms with E-state index in [4.69, 9.17) is 0 Å². The molecular weight excluding hydrogens is 266 g/mol. The first kappa shape index (κ1) is 17.1. The molecule has 2 amide bonds. The first-order valence-corrected chi connectivity index (χ1v) is 7.42. The van der Waals surface area contributed by atoms with E-state index in [1.165, 1.54) is 12.3 Å². The van der Waals surface area contributed by atoms with Gasteiger partial charge < -0.3 is 10.6 Å². The zero-order valence-electron chi connectivity index (χ0n) is 13.3. The number of hydrogen-bond donors (Lipinski definition) is 2. The molecule has 0 spiro atoms. The molecule has 0 saturated carbocycles. The Morgan fingerprint density at radius 1 is 1.10 bits per heavy atom. The van der Waals surface area contributed by atoms with Crippen molar-refractivity contribution in [2.45, 2.75) is 34.1 Å². The predicted octanol–water partition coefficient (Wildman–Crippen LogP) is 2.24. The second kappa shape index (κ2) is 8.39. The lowest BCUT2D eigenvalue weighted by molar-refractivity contribution is 0.0947. The van der Waals surface area contributed by atoms with Gasteiger partial charge in [0.1, 0.15) is 5.69 Å². The van der Waals surface area contributed by atoms with E-state index in [2.05, 4.69) is 29.5 Å². The highest BCUT2D eigenvalue weighted by Gasteiger charge is 2.11. The molecule has 0 aliphatic carbocycles. The number of rotatable bonds is 7. The highest BCUT2D eigenvalue weighted by Crippen LogP contribution is 2.03. The number of carbonyl (C=O) groups excluding carboxylic acids is 2. The molecule has 116 valence electrons. The first-order chi connectivity index (χ1) is 9.90. The Bertz CT molecular complexity index is 484. The molecule has 0 aliphatic heterocycles. The number of nitrogens with zero attached hydrogens (tertiary/aromatic N) is 1. The summed E-state index contributed by atoms with van der Waals surface area (Å²) < 4.78 is 0. The van der Waals surface area contributed by atoms with Crippen LogP contribution in [0.4, 0.5) is 0 Å². The van der Waals surface area contributed by atoms with Gasteiger partial charge in [-0.1, -0.05) is 27.7 Å². The van der Waals surface area contributed by atoms with E-state index >= 15 is 0 Å². The fourth-order valence-electron chi connectivity index (χ4n) is 1.66. The Hall–Kier alpha value is -1.91. The van der Waals surface area contributed by atoms with Gasteiger partial charge in [0.25, 0.3) is 11.8 Å². The van der Waals surface area contributed by atoms with Gasteiger partial charge in [-0.2, -0.15) is 0 Å². The second-order valence-corrected chi connectivity index (χ2v) is 5.97. The average molecular weight is 291 g/mol. The number of carbonyl (C=O) groups is 2. The number of hydrogen-bond acceptors (Lipinski definition) is 3. The van der Waals surface area contributed by atoms with Crippen molar-refractivity contribution in [2.24, 2.45) is 11.8 Å². The number of nitrogens with one attached hydrogen (secondary N) is 2.